The van der Waals surface area contributed by atoms with E-state index in [1.165, 1.54) is 13.8 Å². The zero-order valence-electron chi connectivity index (χ0n) is 9.23. The average Bonchev–Trinajstić information content (AvgIpc) is 1.94. The van der Waals surface area contributed by atoms with Crippen LogP contribution in [-0.4, -0.2) is 34.3 Å². The molecular weight excluding hydrogens is 240 g/mol. The number of rotatable bonds is 7. The molecule has 0 saturated heterocycles. The zero-order chi connectivity index (χ0) is 12.1. The summed E-state index contributed by atoms with van der Waals surface area (Å²) >= 11 is -1.50. The van der Waals surface area contributed by atoms with Crippen molar-refractivity contribution in [3.8, 4) is 0 Å². The minimum atomic E-state index is -4.11. The van der Waals surface area contributed by atoms with Gasteiger partial charge in [-0.3, -0.25) is 8.74 Å². The summed E-state index contributed by atoms with van der Waals surface area (Å²) in [5, 5.41) is 0. The minimum Gasteiger partial charge on any atom is -0.285 e. The van der Waals surface area contributed by atoms with Crippen LogP contribution < -0.4 is 0 Å². The first kappa shape index (κ1) is 15.0. The Kier molecular flexibility index (Phi) is 5.94. The van der Waals surface area contributed by atoms with E-state index in [1.54, 1.807) is 0 Å². The van der Waals surface area contributed by atoms with Gasteiger partial charge in [-0.05, 0) is 20.3 Å². The molecule has 0 aromatic heterocycles. The van der Waals surface area contributed by atoms with E-state index in [9.17, 15) is 12.6 Å². The molecule has 5 nitrogen and oxygen atoms in total. The summed E-state index contributed by atoms with van der Waals surface area (Å²) in [6.45, 7) is 4.91. The van der Waals surface area contributed by atoms with E-state index in [-0.39, 0.29) is 0 Å². The Morgan fingerprint density at radius 1 is 1.40 bits per heavy atom. The van der Waals surface area contributed by atoms with Crippen molar-refractivity contribution in [2.45, 2.75) is 39.2 Å². The SMILES string of the molecule is CCCCS(=O)OC(C)(C)CS(=O)(=O)O. The molecule has 1 N–H and O–H groups in total. The summed E-state index contributed by atoms with van der Waals surface area (Å²) in [4.78, 5) is 0. The summed E-state index contributed by atoms with van der Waals surface area (Å²) in [5.41, 5.74) is -1.13. The van der Waals surface area contributed by atoms with E-state index in [2.05, 4.69) is 0 Å². The zero-order valence-corrected chi connectivity index (χ0v) is 10.9. The average molecular weight is 258 g/mol. The van der Waals surface area contributed by atoms with E-state index in [0.29, 0.717) is 5.75 Å². The van der Waals surface area contributed by atoms with Gasteiger partial charge in [0.1, 0.15) is 5.75 Å². The van der Waals surface area contributed by atoms with Crippen LogP contribution in [0.2, 0.25) is 0 Å². The van der Waals surface area contributed by atoms with Crippen LogP contribution in [-0.2, 0) is 25.4 Å². The van der Waals surface area contributed by atoms with E-state index < -0.39 is 32.6 Å². The van der Waals surface area contributed by atoms with Crippen molar-refractivity contribution in [3.63, 3.8) is 0 Å². The molecular formula is C8H18O5S2. The van der Waals surface area contributed by atoms with Crippen LogP contribution in [0.4, 0.5) is 0 Å². The van der Waals surface area contributed by atoms with E-state index >= 15 is 0 Å². The maximum Gasteiger partial charge on any atom is 0.267 e. The van der Waals surface area contributed by atoms with Crippen LogP contribution in [0.25, 0.3) is 0 Å². The second-order valence-electron chi connectivity index (χ2n) is 3.93. The highest BCUT2D eigenvalue weighted by atomic mass is 32.2. The molecule has 0 spiro atoms. The Bertz CT molecular complexity index is 307. The predicted octanol–water partition coefficient (Wildman–Crippen LogP) is 1.13. The highest BCUT2D eigenvalue weighted by Crippen LogP contribution is 2.14. The Morgan fingerprint density at radius 3 is 2.33 bits per heavy atom. The second kappa shape index (κ2) is 5.93. The number of unbranched alkanes of at least 4 members (excludes halogenated alkanes) is 1. The second-order valence-corrected chi connectivity index (χ2v) is 6.57. The van der Waals surface area contributed by atoms with Crippen LogP contribution in [0.5, 0.6) is 0 Å². The lowest BCUT2D eigenvalue weighted by atomic mass is 10.2. The Morgan fingerprint density at radius 2 is 1.93 bits per heavy atom. The van der Waals surface area contributed by atoms with Gasteiger partial charge in [0.05, 0.1) is 5.60 Å². The van der Waals surface area contributed by atoms with Crippen molar-refractivity contribution in [3.05, 3.63) is 0 Å². The van der Waals surface area contributed by atoms with E-state index in [4.69, 9.17) is 8.74 Å². The molecule has 7 heteroatoms. The molecule has 0 heterocycles. The summed E-state index contributed by atoms with van der Waals surface area (Å²) in [5.74, 6) is -0.177. The molecule has 0 amide bonds. The molecule has 92 valence electrons. The van der Waals surface area contributed by atoms with Crippen molar-refractivity contribution in [1.82, 2.24) is 0 Å². The van der Waals surface area contributed by atoms with Gasteiger partial charge >= 0.3 is 0 Å². The number of hydrogen-bond acceptors (Lipinski definition) is 4. The van der Waals surface area contributed by atoms with Crippen molar-refractivity contribution in [2.75, 3.05) is 11.5 Å². The number of hydrogen-bond donors (Lipinski definition) is 1. The van der Waals surface area contributed by atoms with Gasteiger partial charge in [0.25, 0.3) is 10.1 Å². The van der Waals surface area contributed by atoms with Crippen molar-refractivity contribution in [2.24, 2.45) is 0 Å². The smallest absolute Gasteiger partial charge is 0.267 e. The molecule has 0 aliphatic rings. The third-order valence-electron chi connectivity index (χ3n) is 1.51. The monoisotopic (exact) mass is 258 g/mol. The van der Waals surface area contributed by atoms with Crippen LogP contribution in [0.15, 0.2) is 0 Å². The Labute approximate surface area is 93.6 Å². The van der Waals surface area contributed by atoms with Crippen molar-refractivity contribution < 1.29 is 21.4 Å². The molecule has 0 fully saturated rings. The highest BCUT2D eigenvalue weighted by molar-refractivity contribution is 7.85. The van der Waals surface area contributed by atoms with Gasteiger partial charge in [-0.25, -0.2) is 4.21 Å². The molecule has 0 rings (SSSR count). The summed E-state index contributed by atoms with van der Waals surface area (Å²) in [6.07, 6.45) is 1.66. The lowest BCUT2D eigenvalue weighted by molar-refractivity contribution is 0.153. The Hall–Kier alpha value is 0.0200. The summed E-state index contributed by atoms with van der Waals surface area (Å²) in [7, 11) is -4.11. The van der Waals surface area contributed by atoms with E-state index in [0.717, 1.165) is 12.8 Å². The van der Waals surface area contributed by atoms with Gasteiger partial charge in [0.15, 0.2) is 11.1 Å². The van der Waals surface area contributed by atoms with Gasteiger partial charge < -0.3 is 0 Å². The first-order chi connectivity index (χ1) is 6.66. The first-order valence-electron chi connectivity index (χ1n) is 4.69. The minimum absolute atomic E-state index is 0.380. The molecule has 15 heavy (non-hydrogen) atoms. The van der Waals surface area contributed by atoms with Crippen molar-refractivity contribution in [1.29, 1.82) is 0 Å². The third-order valence-corrected chi connectivity index (χ3v) is 3.83. The van der Waals surface area contributed by atoms with Crippen LogP contribution in [0, 0.1) is 0 Å². The Balaban J connectivity index is 4.19. The standard InChI is InChI=1S/C8H18O5S2/c1-4-5-6-14(9)13-8(2,3)7-15(10,11)12/h4-7H2,1-3H3,(H,10,11,12). The van der Waals surface area contributed by atoms with Gasteiger partial charge in [-0.15, -0.1) is 0 Å². The van der Waals surface area contributed by atoms with Crippen molar-refractivity contribution >= 4 is 21.2 Å². The molecule has 0 saturated carbocycles. The molecule has 0 radical (unpaired) electrons. The molecule has 1 atom stereocenters. The van der Waals surface area contributed by atoms with Gasteiger partial charge in [0, 0.05) is 5.75 Å². The fourth-order valence-corrected chi connectivity index (χ4v) is 3.20. The largest absolute Gasteiger partial charge is 0.285 e. The summed E-state index contributed by atoms with van der Waals surface area (Å²) < 4.78 is 46.2. The lowest BCUT2D eigenvalue weighted by Crippen LogP contribution is -2.34. The fourth-order valence-electron chi connectivity index (χ4n) is 1.02. The summed E-state index contributed by atoms with van der Waals surface area (Å²) in [6, 6.07) is 0. The maximum absolute atomic E-state index is 11.3. The molecule has 0 aromatic rings. The molecule has 1 unspecified atom stereocenters. The first-order valence-corrected chi connectivity index (χ1v) is 7.54. The van der Waals surface area contributed by atoms with Gasteiger partial charge in [-0.2, -0.15) is 8.42 Å². The maximum atomic E-state index is 11.3. The molecule has 0 aliphatic heterocycles. The quantitative estimate of drug-likeness (QED) is 0.692. The molecule has 0 aromatic carbocycles. The normalized spacial score (nSPS) is 15.2. The fraction of sp³-hybridized carbons (Fsp3) is 1.00. The van der Waals surface area contributed by atoms with Crippen LogP contribution >= 0.6 is 0 Å². The topological polar surface area (TPSA) is 80.7 Å². The van der Waals surface area contributed by atoms with Crippen LogP contribution in [0.3, 0.4) is 0 Å². The predicted molar refractivity (Wildman–Crippen MR) is 59.5 cm³/mol. The van der Waals surface area contributed by atoms with Crippen LogP contribution in [0.1, 0.15) is 33.6 Å². The molecule has 0 bridgehead atoms. The third kappa shape index (κ3) is 8.98. The highest BCUT2D eigenvalue weighted by Gasteiger charge is 2.28. The lowest BCUT2D eigenvalue weighted by Gasteiger charge is -2.21. The van der Waals surface area contributed by atoms with E-state index in [1.807, 2.05) is 6.92 Å². The van der Waals surface area contributed by atoms with Gasteiger partial charge in [0.2, 0.25) is 0 Å². The molecule has 0 aliphatic carbocycles. The van der Waals surface area contributed by atoms with Gasteiger partial charge in [-0.1, -0.05) is 13.3 Å².